The lowest BCUT2D eigenvalue weighted by molar-refractivity contribution is -0.211. The Kier molecular flexibility index (Phi) is 14.1. The molecule has 38 heavy (non-hydrogen) atoms. The molecule has 0 saturated heterocycles. The molecular weight excluding hydrogens is 585 g/mol. The molecule has 224 valence electrons. The average molecular weight is 641 g/mol. The monoisotopic (exact) mass is 640 g/mol. The molecule has 0 radical (unpaired) electrons. The van der Waals surface area contributed by atoms with Crippen molar-refractivity contribution in [3.63, 3.8) is 0 Å². The van der Waals surface area contributed by atoms with E-state index in [2.05, 4.69) is 67.0 Å². The third kappa shape index (κ3) is 10.3. The van der Waals surface area contributed by atoms with Gasteiger partial charge in [0.25, 0.3) is 0 Å². The second-order valence-corrected chi connectivity index (χ2v) is 29.6. The van der Waals surface area contributed by atoms with Crippen LogP contribution in [0.1, 0.15) is 55.4 Å². The van der Waals surface area contributed by atoms with Gasteiger partial charge in [0.05, 0.1) is 0 Å². The lowest BCUT2D eigenvalue weighted by Gasteiger charge is -2.50. The Bertz CT molecular complexity index is 754. The molecule has 0 spiro atoms. The summed E-state index contributed by atoms with van der Waals surface area (Å²) in [6.07, 6.45) is 2.26. The predicted octanol–water partition coefficient (Wildman–Crippen LogP) is 1.77. The second kappa shape index (κ2) is 14.1. The van der Waals surface area contributed by atoms with E-state index in [-0.39, 0.29) is 11.8 Å². The molecule has 0 rings (SSSR count). The van der Waals surface area contributed by atoms with Crippen LogP contribution in [0.3, 0.4) is 0 Å². The summed E-state index contributed by atoms with van der Waals surface area (Å²) in [6, 6.07) is 0. The summed E-state index contributed by atoms with van der Waals surface area (Å²) in [5.74, 6) is -0.997. The standard InChI is InChI=1S/C24H56O8Si6/c1-17(2)21(5,6)23(35-31-33,29-37(9,10)11)27-19(25)15-16-20(26)28-24(36-32-34,30-38(12,13)14)22(7,8)18(3)4/h15-18H,35-36H2,1-14,33-34H3/b16-15+. The Labute approximate surface area is 244 Å². The molecule has 0 aliphatic rings. The molecule has 2 unspecified atom stereocenters. The van der Waals surface area contributed by atoms with Crippen LogP contribution >= 0.6 is 0 Å². The van der Waals surface area contributed by atoms with Crippen molar-refractivity contribution < 1.29 is 36.1 Å². The van der Waals surface area contributed by atoms with Crippen molar-refractivity contribution in [3.8, 4) is 0 Å². The molecule has 0 aromatic carbocycles. The average Bonchev–Trinajstić information content (AvgIpc) is 2.69. The van der Waals surface area contributed by atoms with Crippen molar-refractivity contribution in [1.82, 2.24) is 0 Å². The molecule has 0 saturated carbocycles. The van der Waals surface area contributed by atoms with E-state index in [1.807, 2.05) is 27.7 Å². The third-order valence-electron chi connectivity index (χ3n) is 7.35. The zero-order valence-electron chi connectivity index (χ0n) is 27.0. The summed E-state index contributed by atoms with van der Waals surface area (Å²) in [5, 5.41) is 0. The number of hydrogen-bond acceptors (Lipinski definition) is 8. The van der Waals surface area contributed by atoms with Crippen LogP contribution in [0.2, 0.25) is 39.3 Å². The second-order valence-electron chi connectivity index (χ2n) is 13.7. The van der Waals surface area contributed by atoms with E-state index in [1.165, 1.54) is 0 Å². The van der Waals surface area contributed by atoms with E-state index in [0.717, 1.165) is 12.2 Å². The summed E-state index contributed by atoms with van der Waals surface area (Å²) >= 11 is 0. The van der Waals surface area contributed by atoms with Gasteiger partial charge in [0.2, 0.25) is 30.3 Å². The maximum absolute atomic E-state index is 13.2. The van der Waals surface area contributed by atoms with Crippen LogP contribution in [0.4, 0.5) is 0 Å². The van der Waals surface area contributed by atoms with E-state index in [9.17, 15) is 9.59 Å². The number of hydrogen-bond donors (Lipinski definition) is 0. The van der Waals surface area contributed by atoms with Crippen LogP contribution < -0.4 is 0 Å². The number of ether oxygens (including phenoxy) is 2. The summed E-state index contributed by atoms with van der Waals surface area (Å²) in [4.78, 5) is 26.4. The van der Waals surface area contributed by atoms with Crippen molar-refractivity contribution in [2.45, 2.75) is 105 Å². The molecule has 0 fully saturated rings. The highest BCUT2D eigenvalue weighted by atomic mass is 28.4. The number of rotatable bonds is 16. The summed E-state index contributed by atoms with van der Waals surface area (Å²) in [5.41, 5.74) is -3.31. The predicted molar refractivity (Wildman–Crippen MR) is 172 cm³/mol. The van der Waals surface area contributed by atoms with Gasteiger partial charge in [-0.15, -0.1) is 0 Å². The van der Waals surface area contributed by atoms with Crippen LogP contribution in [-0.4, -0.2) is 79.9 Å². The quantitative estimate of drug-likeness (QED) is 0.109. The Balaban J connectivity index is 6.29. The van der Waals surface area contributed by atoms with Gasteiger partial charge in [-0.1, -0.05) is 55.4 Å². The first-order chi connectivity index (χ1) is 16.9. The first-order valence-electron chi connectivity index (χ1n) is 13.4. The maximum Gasteiger partial charge on any atom is 0.333 e. The lowest BCUT2D eigenvalue weighted by atomic mass is 9.80. The molecule has 2 atom stereocenters. The summed E-state index contributed by atoms with van der Waals surface area (Å²) in [7, 11) is -6.02. The van der Waals surface area contributed by atoms with Crippen molar-refractivity contribution in [3.05, 3.63) is 12.2 Å². The fraction of sp³-hybridized carbons (Fsp3) is 0.833. The first-order valence-corrected chi connectivity index (χ1v) is 24.5. The van der Waals surface area contributed by atoms with Gasteiger partial charge in [-0.2, -0.15) is 0 Å². The van der Waals surface area contributed by atoms with Crippen molar-refractivity contribution in [1.29, 1.82) is 0 Å². The van der Waals surface area contributed by atoms with Gasteiger partial charge in [-0.05, 0) is 51.1 Å². The maximum atomic E-state index is 13.2. The summed E-state index contributed by atoms with van der Waals surface area (Å²) in [6.45, 7) is 28.9. The fourth-order valence-electron chi connectivity index (χ4n) is 3.84. The minimum atomic E-state index is -2.13. The van der Waals surface area contributed by atoms with Crippen LogP contribution in [0, 0.1) is 22.7 Å². The van der Waals surface area contributed by atoms with Gasteiger partial charge in [0.15, 0.2) is 16.6 Å². The highest BCUT2D eigenvalue weighted by Crippen LogP contribution is 2.44. The number of esters is 2. The largest absolute Gasteiger partial charge is 0.463 e. The minimum Gasteiger partial charge on any atom is -0.463 e. The zero-order chi connectivity index (χ0) is 30.4. The molecule has 14 heteroatoms. The zero-order valence-corrected chi connectivity index (χ0v) is 35.8. The first kappa shape index (κ1) is 37.8. The normalized spacial score (nSPS) is 17.8. The Hall–Kier alpha value is -0.179. The molecular formula is C24H56O8Si6. The highest BCUT2D eigenvalue weighted by Gasteiger charge is 2.55. The molecule has 8 nitrogen and oxygen atoms in total. The Morgan fingerprint density at radius 3 is 1.11 bits per heavy atom. The third-order valence-corrected chi connectivity index (χ3v) is 15.3. The van der Waals surface area contributed by atoms with E-state index >= 15 is 0 Å². The van der Waals surface area contributed by atoms with Crippen LogP contribution in [0.25, 0.3) is 0 Å². The van der Waals surface area contributed by atoms with Crippen LogP contribution in [-0.2, 0) is 36.1 Å². The van der Waals surface area contributed by atoms with Gasteiger partial charge in [-0.25, -0.2) is 9.59 Å². The van der Waals surface area contributed by atoms with Crippen LogP contribution in [0.5, 0.6) is 0 Å². The molecule has 0 aliphatic heterocycles. The van der Waals surface area contributed by atoms with E-state index in [1.54, 1.807) is 0 Å². The Morgan fingerprint density at radius 2 is 0.921 bits per heavy atom. The molecule has 0 amide bonds. The summed E-state index contributed by atoms with van der Waals surface area (Å²) < 4.78 is 36.9. The van der Waals surface area contributed by atoms with Gasteiger partial charge in [0.1, 0.15) is 21.0 Å². The number of carbonyl (C=O) groups excluding carboxylic acids is 2. The molecule has 0 aromatic heterocycles. The van der Waals surface area contributed by atoms with E-state index < -0.39 is 69.8 Å². The number of carbonyl (C=O) groups is 2. The van der Waals surface area contributed by atoms with Crippen molar-refractivity contribution in [2.75, 3.05) is 0 Å². The Morgan fingerprint density at radius 1 is 0.658 bits per heavy atom. The van der Waals surface area contributed by atoms with Gasteiger partial charge in [-0.3, -0.25) is 0 Å². The minimum absolute atomic E-state index is 0.157. The molecule has 0 bridgehead atoms. The van der Waals surface area contributed by atoms with Gasteiger partial charge < -0.3 is 26.6 Å². The van der Waals surface area contributed by atoms with Crippen molar-refractivity contribution in [2.24, 2.45) is 22.7 Å². The van der Waals surface area contributed by atoms with Crippen LogP contribution in [0.15, 0.2) is 12.2 Å². The molecule has 0 aromatic rings. The molecule has 0 N–H and O–H groups in total. The van der Waals surface area contributed by atoms with Crippen molar-refractivity contribution >= 4 is 69.1 Å². The van der Waals surface area contributed by atoms with Gasteiger partial charge >= 0.3 is 11.9 Å². The molecule has 0 aliphatic carbocycles. The topological polar surface area (TPSA) is 89.5 Å². The smallest absolute Gasteiger partial charge is 0.333 e. The lowest BCUT2D eigenvalue weighted by Crippen LogP contribution is -2.61. The van der Waals surface area contributed by atoms with E-state index in [0.29, 0.717) is 21.0 Å². The van der Waals surface area contributed by atoms with E-state index in [4.69, 9.17) is 26.6 Å². The highest BCUT2D eigenvalue weighted by molar-refractivity contribution is 6.70. The SMILES string of the molecule is CC(C)C(C)(C)C(OC(=O)/C=C/C(=O)OC(O[Si](C)(C)C)([SiH2]O[SiH3])C(C)(C)C(C)C)(O[Si](C)(C)C)[SiH2]O[SiH3]. The van der Waals surface area contributed by atoms with Gasteiger partial charge in [0, 0.05) is 23.0 Å². The molecule has 0 heterocycles. The fourth-order valence-corrected chi connectivity index (χ4v) is 14.5.